The number of ether oxygens (including phenoxy) is 1. The number of hydrogen-bond donors (Lipinski definition) is 2. The van der Waals surface area contributed by atoms with Crippen molar-refractivity contribution in [1.82, 2.24) is 5.16 Å². The minimum absolute atomic E-state index is 0.157. The Balaban J connectivity index is 1.56. The number of rotatable bonds is 6. The summed E-state index contributed by atoms with van der Waals surface area (Å²) in [5.74, 6) is -0.697. The van der Waals surface area contributed by atoms with Crippen molar-refractivity contribution in [3.63, 3.8) is 0 Å². The summed E-state index contributed by atoms with van der Waals surface area (Å²) >= 11 is 1.04. The molecule has 0 unspecified atom stereocenters. The third-order valence-corrected chi connectivity index (χ3v) is 4.45. The maximum absolute atomic E-state index is 12.2. The van der Waals surface area contributed by atoms with E-state index in [0.29, 0.717) is 16.3 Å². The van der Waals surface area contributed by atoms with Crippen molar-refractivity contribution in [3.8, 4) is 0 Å². The molecule has 3 rings (SSSR count). The zero-order valence-electron chi connectivity index (χ0n) is 14.4. The number of anilines is 2. The number of nitrogens with zero attached hydrogens (tertiary/aromatic N) is 1. The Bertz CT molecular complexity index is 973. The topological polar surface area (TPSA) is 124 Å². The van der Waals surface area contributed by atoms with E-state index in [1.807, 2.05) is 0 Å². The van der Waals surface area contributed by atoms with Crippen molar-refractivity contribution >= 4 is 39.9 Å². The maximum Gasteiger partial charge on any atom is 0.349 e. The second-order valence-corrected chi connectivity index (χ2v) is 6.55. The highest BCUT2D eigenvalue weighted by molar-refractivity contribution is 7.18. The van der Waals surface area contributed by atoms with Crippen LogP contribution in [-0.2, 0) is 9.53 Å². The lowest BCUT2D eigenvalue weighted by Gasteiger charge is -2.03. The summed E-state index contributed by atoms with van der Waals surface area (Å²) in [6, 6.07) is 6.31. The second kappa shape index (κ2) is 7.87. The second-order valence-electron chi connectivity index (χ2n) is 5.50. The average Bonchev–Trinajstić information content (AvgIpc) is 3.35. The van der Waals surface area contributed by atoms with Crippen LogP contribution in [0.25, 0.3) is 0 Å². The summed E-state index contributed by atoms with van der Waals surface area (Å²) in [7, 11) is 0. The predicted molar refractivity (Wildman–Crippen MR) is 95.9 cm³/mol. The van der Waals surface area contributed by atoms with E-state index in [1.165, 1.54) is 18.4 Å². The molecule has 0 radical (unpaired) electrons. The van der Waals surface area contributed by atoms with Gasteiger partial charge in [0.1, 0.15) is 10.6 Å². The van der Waals surface area contributed by atoms with Crippen molar-refractivity contribution in [1.29, 1.82) is 0 Å². The predicted octanol–water partition coefficient (Wildman–Crippen LogP) is 2.99. The van der Waals surface area contributed by atoms with E-state index < -0.39 is 24.4 Å². The van der Waals surface area contributed by atoms with Crippen LogP contribution >= 0.6 is 11.3 Å². The highest BCUT2D eigenvalue weighted by Gasteiger charge is 2.19. The maximum atomic E-state index is 12.2. The Labute approximate surface area is 157 Å². The van der Waals surface area contributed by atoms with Crippen molar-refractivity contribution in [3.05, 3.63) is 52.5 Å². The molecule has 0 bridgehead atoms. The van der Waals surface area contributed by atoms with E-state index in [-0.39, 0.29) is 16.5 Å². The van der Waals surface area contributed by atoms with Gasteiger partial charge in [-0.1, -0.05) is 5.16 Å². The van der Waals surface area contributed by atoms with Gasteiger partial charge in [0.05, 0.1) is 11.3 Å². The largest absolute Gasteiger partial charge is 0.459 e. The molecule has 10 heteroatoms. The van der Waals surface area contributed by atoms with Crippen molar-refractivity contribution < 1.29 is 28.1 Å². The molecular weight excluding hydrogens is 374 g/mol. The fraction of sp³-hybridized carbons (Fsp3) is 0.176. The number of hydrogen-bond acceptors (Lipinski definition) is 8. The fourth-order valence-electron chi connectivity index (χ4n) is 2.13. The number of esters is 1. The SMILES string of the molecule is Cc1cc(NC(=O)COC(=O)c2sc(NC(=O)c3ccco3)cc2C)no1. The molecule has 0 aromatic carbocycles. The van der Waals surface area contributed by atoms with Gasteiger partial charge >= 0.3 is 5.97 Å². The third kappa shape index (κ3) is 4.61. The monoisotopic (exact) mass is 389 g/mol. The quantitative estimate of drug-likeness (QED) is 0.621. The minimum Gasteiger partial charge on any atom is -0.459 e. The Morgan fingerprint density at radius 3 is 2.70 bits per heavy atom. The zero-order chi connectivity index (χ0) is 19.4. The number of thiophene rings is 1. The van der Waals surface area contributed by atoms with Gasteiger partial charge in [0, 0.05) is 6.07 Å². The van der Waals surface area contributed by atoms with Gasteiger partial charge in [-0.25, -0.2) is 4.79 Å². The van der Waals surface area contributed by atoms with Gasteiger partial charge in [0.15, 0.2) is 18.2 Å². The van der Waals surface area contributed by atoms with Crippen LogP contribution in [-0.4, -0.2) is 29.5 Å². The summed E-state index contributed by atoms with van der Waals surface area (Å²) in [6.07, 6.45) is 1.39. The number of carbonyl (C=O) groups is 3. The average molecular weight is 389 g/mol. The number of aromatic nitrogens is 1. The van der Waals surface area contributed by atoms with Crippen LogP contribution in [0, 0.1) is 13.8 Å². The van der Waals surface area contributed by atoms with Crippen LogP contribution in [0.15, 0.2) is 39.5 Å². The molecule has 3 aromatic heterocycles. The van der Waals surface area contributed by atoms with Crippen LogP contribution in [0.2, 0.25) is 0 Å². The molecule has 0 atom stereocenters. The summed E-state index contributed by atoms with van der Waals surface area (Å²) < 4.78 is 14.8. The molecule has 0 saturated heterocycles. The van der Waals surface area contributed by atoms with Gasteiger partial charge in [-0.05, 0) is 37.6 Å². The van der Waals surface area contributed by atoms with E-state index >= 15 is 0 Å². The van der Waals surface area contributed by atoms with E-state index in [2.05, 4.69) is 15.8 Å². The van der Waals surface area contributed by atoms with Crippen molar-refractivity contribution in [2.75, 3.05) is 17.2 Å². The molecule has 9 nitrogen and oxygen atoms in total. The van der Waals surface area contributed by atoms with Crippen LogP contribution in [0.3, 0.4) is 0 Å². The molecule has 0 saturated carbocycles. The van der Waals surface area contributed by atoms with E-state index in [4.69, 9.17) is 13.7 Å². The summed E-state index contributed by atoms with van der Waals surface area (Å²) in [6.45, 7) is 2.91. The van der Waals surface area contributed by atoms with Gasteiger partial charge in [0.25, 0.3) is 11.8 Å². The first kappa shape index (κ1) is 18.4. The highest BCUT2D eigenvalue weighted by Crippen LogP contribution is 2.27. The normalized spacial score (nSPS) is 10.4. The van der Waals surface area contributed by atoms with Gasteiger partial charge in [-0.2, -0.15) is 0 Å². The number of aryl methyl sites for hydroxylation is 2. The van der Waals surface area contributed by atoms with Crippen molar-refractivity contribution in [2.45, 2.75) is 13.8 Å². The Morgan fingerprint density at radius 2 is 2.04 bits per heavy atom. The summed E-state index contributed by atoms with van der Waals surface area (Å²) in [5, 5.41) is 9.16. The molecule has 0 fully saturated rings. The van der Waals surface area contributed by atoms with Crippen molar-refractivity contribution in [2.24, 2.45) is 0 Å². The first-order valence-corrected chi connectivity index (χ1v) is 8.59. The highest BCUT2D eigenvalue weighted by atomic mass is 32.1. The van der Waals surface area contributed by atoms with Crippen LogP contribution in [0.1, 0.15) is 31.6 Å². The zero-order valence-corrected chi connectivity index (χ0v) is 15.2. The summed E-state index contributed by atoms with van der Waals surface area (Å²) in [5.41, 5.74) is 0.618. The first-order valence-electron chi connectivity index (χ1n) is 7.78. The van der Waals surface area contributed by atoms with E-state index in [0.717, 1.165) is 11.3 Å². The van der Waals surface area contributed by atoms with Gasteiger partial charge in [-0.15, -0.1) is 11.3 Å². The standard InChI is InChI=1S/C17H15N3O6S/c1-9-6-14(19-16(22)11-4-3-5-24-11)27-15(9)17(23)25-8-13(21)18-12-7-10(2)26-20-12/h3-7H,8H2,1-2H3,(H,19,22)(H,18,20,21). The Hall–Kier alpha value is -3.40. The number of amides is 2. The van der Waals surface area contributed by atoms with Gasteiger partial charge in [-0.3, -0.25) is 9.59 Å². The lowest BCUT2D eigenvalue weighted by molar-refractivity contribution is -0.119. The number of carbonyl (C=O) groups excluding carboxylic acids is 3. The molecule has 27 heavy (non-hydrogen) atoms. The molecule has 2 N–H and O–H groups in total. The molecule has 0 aliphatic carbocycles. The lowest BCUT2D eigenvalue weighted by atomic mass is 10.3. The molecule has 0 aliphatic heterocycles. The van der Waals surface area contributed by atoms with E-state index in [9.17, 15) is 14.4 Å². The molecule has 3 aromatic rings. The molecule has 2 amide bonds. The van der Waals surface area contributed by atoms with Crippen LogP contribution < -0.4 is 10.6 Å². The fourth-order valence-corrected chi connectivity index (χ4v) is 3.09. The minimum atomic E-state index is -0.664. The molecular formula is C17H15N3O6S. The van der Waals surface area contributed by atoms with Gasteiger partial charge < -0.3 is 24.3 Å². The van der Waals surface area contributed by atoms with Gasteiger partial charge in [0.2, 0.25) is 0 Å². The summed E-state index contributed by atoms with van der Waals surface area (Å²) in [4.78, 5) is 36.2. The lowest BCUT2D eigenvalue weighted by Crippen LogP contribution is -2.21. The Kier molecular flexibility index (Phi) is 5.36. The third-order valence-electron chi connectivity index (χ3n) is 3.31. The number of nitrogens with one attached hydrogen (secondary N) is 2. The van der Waals surface area contributed by atoms with Crippen LogP contribution in [0.4, 0.5) is 10.8 Å². The molecule has 0 aliphatic rings. The first-order chi connectivity index (χ1) is 12.9. The molecule has 0 spiro atoms. The molecule has 3 heterocycles. The Morgan fingerprint density at radius 1 is 1.22 bits per heavy atom. The number of furan rings is 1. The van der Waals surface area contributed by atoms with Crippen LogP contribution in [0.5, 0.6) is 0 Å². The van der Waals surface area contributed by atoms with E-state index in [1.54, 1.807) is 26.0 Å². The molecule has 140 valence electrons. The smallest absolute Gasteiger partial charge is 0.349 e.